The van der Waals surface area contributed by atoms with E-state index in [-0.39, 0.29) is 17.0 Å². The molecule has 76 valence electrons. The van der Waals surface area contributed by atoms with Gasteiger partial charge in [-0.05, 0) is 32.5 Å². The van der Waals surface area contributed by atoms with Crippen LogP contribution in [0.4, 0.5) is 4.79 Å². The van der Waals surface area contributed by atoms with Crippen LogP contribution in [0.1, 0.15) is 27.2 Å². The first-order valence-corrected chi connectivity index (χ1v) is 5.49. The zero-order valence-corrected chi connectivity index (χ0v) is 9.15. The fraction of sp³-hybridized carbons (Fsp3) is 0.889. The van der Waals surface area contributed by atoms with Gasteiger partial charge in [0.05, 0.1) is 5.60 Å². The second-order valence-electron chi connectivity index (χ2n) is 3.70. The molecule has 0 spiro atoms. The predicted molar refractivity (Wildman–Crippen MR) is 53.0 cm³/mol. The number of hydrogen-bond acceptors (Lipinski definition) is 4. The zero-order valence-electron chi connectivity index (χ0n) is 8.33. The molecule has 0 bridgehead atoms. The van der Waals surface area contributed by atoms with E-state index in [2.05, 4.69) is 0 Å². The smallest absolute Gasteiger partial charge is 0.367 e. The number of cyclic esters (lactones) is 1. The number of ether oxygens (including phenoxy) is 2. The Hall–Kier alpha value is -0.220. The van der Waals surface area contributed by atoms with Gasteiger partial charge in [0, 0.05) is 18.8 Å². The maximum Gasteiger partial charge on any atom is 0.367 e. The highest BCUT2D eigenvalue weighted by Gasteiger charge is 2.31. The van der Waals surface area contributed by atoms with Crippen LogP contribution in [0.5, 0.6) is 0 Å². The molecule has 0 aromatic carbocycles. The molecule has 0 aliphatic carbocycles. The molecule has 13 heavy (non-hydrogen) atoms. The highest BCUT2D eigenvalue weighted by Crippen LogP contribution is 2.27. The van der Waals surface area contributed by atoms with Crippen molar-refractivity contribution in [3.63, 3.8) is 0 Å². The minimum absolute atomic E-state index is 0.0269. The van der Waals surface area contributed by atoms with Crippen LogP contribution < -0.4 is 0 Å². The van der Waals surface area contributed by atoms with Gasteiger partial charge >= 0.3 is 5.30 Å². The molecule has 1 aliphatic heterocycles. The molecule has 1 heterocycles. The van der Waals surface area contributed by atoms with Crippen LogP contribution in [0.15, 0.2) is 0 Å². The third-order valence-electron chi connectivity index (χ3n) is 1.90. The van der Waals surface area contributed by atoms with Crippen LogP contribution in [0.2, 0.25) is 0 Å². The van der Waals surface area contributed by atoms with E-state index in [1.54, 1.807) is 0 Å². The second kappa shape index (κ2) is 4.33. The normalized spacial score (nSPS) is 23.3. The van der Waals surface area contributed by atoms with Crippen LogP contribution in [0, 0.1) is 0 Å². The molecule has 0 aromatic rings. The molecule has 0 aromatic heterocycles. The van der Waals surface area contributed by atoms with E-state index in [4.69, 9.17) is 9.47 Å². The van der Waals surface area contributed by atoms with Gasteiger partial charge < -0.3 is 9.47 Å². The van der Waals surface area contributed by atoms with Gasteiger partial charge in [0.25, 0.3) is 0 Å². The van der Waals surface area contributed by atoms with E-state index in [0.717, 1.165) is 12.2 Å². The predicted octanol–water partition coefficient (Wildman–Crippen LogP) is 2.44. The highest BCUT2D eigenvalue weighted by molar-refractivity contribution is 8.13. The van der Waals surface area contributed by atoms with Crippen molar-refractivity contribution in [2.75, 3.05) is 12.4 Å². The molecular formula is C9H16O3S. The van der Waals surface area contributed by atoms with E-state index in [1.807, 2.05) is 20.8 Å². The lowest BCUT2D eigenvalue weighted by Crippen LogP contribution is -2.31. The SMILES string of the molecule is CCOC(C)(C)CC1CSC(=O)O1. The Balaban J connectivity index is 2.35. The van der Waals surface area contributed by atoms with Crippen molar-refractivity contribution in [1.29, 1.82) is 0 Å². The lowest BCUT2D eigenvalue weighted by molar-refractivity contribution is -0.0382. The summed E-state index contributed by atoms with van der Waals surface area (Å²) in [4.78, 5) is 10.8. The summed E-state index contributed by atoms with van der Waals surface area (Å²) < 4.78 is 10.6. The first-order chi connectivity index (χ1) is 6.03. The van der Waals surface area contributed by atoms with Crippen molar-refractivity contribution in [2.45, 2.75) is 38.9 Å². The maximum atomic E-state index is 10.8. The van der Waals surface area contributed by atoms with Crippen molar-refractivity contribution < 1.29 is 14.3 Å². The van der Waals surface area contributed by atoms with Crippen molar-refractivity contribution in [3.05, 3.63) is 0 Å². The standard InChI is InChI=1S/C9H16O3S/c1-4-11-9(2,3)5-7-6-13-8(10)12-7/h7H,4-6H2,1-3H3. The molecule has 0 saturated carbocycles. The molecular weight excluding hydrogens is 188 g/mol. The largest absolute Gasteiger partial charge is 0.453 e. The summed E-state index contributed by atoms with van der Waals surface area (Å²) in [5.74, 6) is 0.759. The summed E-state index contributed by atoms with van der Waals surface area (Å²) in [6.45, 7) is 6.71. The van der Waals surface area contributed by atoms with E-state index in [0.29, 0.717) is 6.61 Å². The van der Waals surface area contributed by atoms with Gasteiger partial charge in [-0.15, -0.1) is 0 Å². The minimum Gasteiger partial charge on any atom is -0.453 e. The summed E-state index contributed by atoms with van der Waals surface area (Å²) in [7, 11) is 0. The fourth-order valence-corrected chi connectivity index (χ4v) is 2.18. The van der Waals surface area contributed by atoms with Gasteiger partial charge in [0.2, 0.25) is 0 Å². The van der Waals surface area contributed by atoms with Crippen LogP contribution in [0.25, 0.3) is 0 Å². The number of thioether (sulfide) groups is 1. The van der Waals surface area contributed by atoms with Crippen molar-refractivity contribution in [2.24, 2.45) is 0 Å². The minimum atomic E-state index is -0.190. The van der Waals surface area contributed by atoms with Crippen molar-refractivity contribution in [1.82, 2.24) is 0 Å². The summed E-state index contributed by atoms with van der Waals surface area (Å²) in [5, 5.41) is -0.155. The van der Waals surface area contributed by atoms with Gasteiger partial charge in [-0.25, -0.2) is 4.79 Å². The lowest BCUT2D eigenvalue weighted by atomic mass is 10.0. The first kappa shape index (κ1) is 10.9. The molecule has 4 heteroatoms. The van der Waals surface area contributed by atoms with Crippen molar-refractivity contribution in [3.8, 4) is 0 Å². The molecule has 0 radical (unpaired) electrons. The maximum absolute atomic E-state index is 10.8. The Morgan fingerprint density at radius 1 is 1.69 bits per heavy atom. The summed E-state index contributed by atoms with van der Waals surface area (Å²) in [6, 6.07) is 0. The molecule has 1 atom stereocenters. The molecule has 1 aliphatic rings. The number of rotatable bonds is 4. The molecule has 1 saturated heterocycles. The topological polar surface area (TPSA) is 35.5 Å². The number of carbonyl (C=O) groups is 1. The third-order valence-corrected chi connectivity index (χ3v) is 2.77. The quantitative estimate of drug-likeness (QED) is 0.659. The molecule has 3 nitrogen and oxygen atoms in total. The molecule has 1 unspecified atom stereocenters. The molecule has 1 rings (SSSR count). The highest BCUT2D eigenvalue weighted by atomic mass is 32.2. The Bertz CT molecular complexity index is 191. The Labute approximate surface area is 83.2 Å². The first-order valence-electron chi connectivity index (χ1n) is 4.51. The Kier molecular flexibility index (Phi) is 3.62. The van der Waals surface area contributed by atoms with Crippen LogP contribution in [-0.4, -0.2) is 29.4 Å². The van der Waals surface area contributed by atoms with Gasteiger partial charge in [-0.2, -0.15) is 0 Å². The zero-order chi connectivity index (χ0) is 9.90. The summed E-state index contributed by atoms with van der Waals surface area (Å²) in [6.07, 6.45) is 0.804. The number of carbonyl (C=O) groups excluding carboxylic acids is 1. The van der Waals surface area contributed by atoms with Gasteiger partial charge in [-0.1, -0.05) is 0 Å². The summed E-state index contributed by atoms with van der Waals surface area (Å²) in [5.41, 5.74) is -0.190. The molecule has 0 N–H and O–H groups in total. The second-order valence-corrected chi connectivity index (χ2v) is 4.65. The average Bonchev–Trinajstić information content (AvgIpc) is 2.34. The van der Waals surface area contributed by atoms with E-state index < -0.39 is 0 Å². The van der Waals surface area contributed by atoms with Gasteiger partial charge in [-0.3, -0.25) is 0 Å². The molecule has 1 fully saturated rings. The summed E-state index contributed by atoms with van der Waals surface area (Å²) >= 11 is 1.25. The average molecular weight is 204 g/mol. The van der Waals surface area contributed by atoms with Gasteiger partial charge in [0.1, 0.15) is 6.10 Å². The monoisotopic (exact) mass is 204 g/mol. The van der Waals surface area contributed by atoms with Crippen LogP contribution in [0.3, 0.4) is 0 Å². The van der Waals surface area contributed by atoms with E-state index in [1.165, 1.54) is 11.8 Å². The van der Waals surface area contributed by atoms with E-state index >= 15 is 0 Å². The Morgan fingerprint density at radius 3 is 2.85 bits per heavy atom. The molecule has 0 amide bonds. The third kappa shape index (κ3) is 3.56. The fourth-order valence-electron chi connectivity index (χ4n) is 1.46. The van der Waals surface area contributed by atoms with Gasteiger partial charge in [0.15, 0.2) is 0 Å². The van der Waals surface area contributed by atoms with Crippen molar-refractivity contribution >= 4 is 17.1 Å². The van der Waals surface area contributed by atoms with E-state index in [9.17, 15) is 4.79 Å². The Morgan fingerprint density at radius 2 is 2.38 bits per heavy atom. The lowest BCUT2D eigenvalue weighted by Gasteiger charge is -2.26. The number of hydrogen-bond donors (Lipinski definition) is 0. The van der Waals surface area contributed by atoms with Crippen LogP contribution >= 0.6 is 11.8 Å². The van der Waals surface area contributed by atoms with Crippen LogP contribution in [-0.2, 0) is 9.47 Å².